The molecular formula is C20H40O10. The van der Waals surface area contributed by atoms with Crippen LogP contribution in [0.3, 0.4) is 0 Å². The summed E-state index contributed by atoms with van der Waals surface area (Å²) in [6.07, 6.45) is 0. The van der Waals surface area contributed by atoms with Crippen LogP contribution in [0.2, 0.25) is 0 Å². The van der Waals surface area contributed by atoms with E-state index in [1.165, 1.54) is 34.6 Å². The second-order valence-electron chi connectivity index (χ2n) is 4.62. The van der Waals surface area contributed by atoms with Crippen LogP contribution in [0.4, 0.5) is 0 Å². The van der Waals surface area contributed by atoms with Gasteiger partial charge in [-0.05, 0) is 34.6 Å². The molecule has 180 valence electrons. The normalized spacial score (nSPS) is 7.67. The van der Waals surface area contributed by atoms with E-state index in [9.17, 15) is 24.0 Å². The van der Waals surface area contributed by atoms with Crippen LogP contribution >= 0.6 is 0 Å². The van der Waals surface area contributed by atoms with Gasteiger partial charge in [-0.25, -0.2) is 0 Å². The molecule has 0 amide bonds. The quantitative estimate of drug-likeness (QED) is 0.464. The summed E-state index contributed by atoms with van der Waals surface area (Å²) in [4.78, 5) is 49.1. The number of carbonyl (C=O) groups is 5. The van der Waals surface area contributed by atoms with Gasteiger partial charge >= 0.3 is 29.8 Å². The standard InChI is InChI=1S/5C4H8O2/c5*1-3-6-4(2)5/h5*3H2,1-2H3. The van der Waals surface area contributed by atoms with Gasteiger partial charge in [0.2, 0.25) is 0 Å². The molecule has 0 aliphatic rings. The molecule has 0 heterocycles. The predicted molar refractivity (Wildman–Crippen MR) is 112 cm³/mol. The molecule has 10 heteroatoms. The van der Waals surface area contributed by atoms with Crippen LogP contribution in [0.15, 0.2) is 0 Å². The minimum atomic E-state index is -0.211. The van der Waals surface area contributed by atoms with E-state index in [4.69, 9.17) is 0 Å². The minimum absolute atomic E-state index is 0.211. The van der Waals surface area contributed by atoms with Gasteiger partial charge in [0.25, 0.3) is 0 Å². The molecule has 0 spiro atoms. The molecule has 0 aromatic carbocycles. The number of hydrogen-bond acceptors (Lipinski definition) is 10. The maximum Gasteiger partial charge on any atom is 0.302 e. The van der Waals surface area contributed by atoms with E-state index in [-0.39, 0.29) is 29.8 Å². The molecule has 0 unspecified atom stereocenters. The molecule has 0 aromatic heterocycles. The van der Waals surface area contributed by atoms with E-state index in [1.54, 1.807) is 34.6 Å². The van der Waals surface area contributed by atoms with Crippen molar-refractivity contribution in [2.45, 2.75) is 69.2 Å². The van der Waals surface area contributed by atoms with Crippen LogP contribution in [0, 0.1) is 0 Å². The first-order valence-electron chi connectivity index (χ1n) is 9.52. The largest absolute Gasteiger partial charge is 0.466 e. The van der Waals surface area contributed by atoms with Gasteiger partial charge in [-0.15, -0.1) is 0 Å². The molecule has 0 saturated heterocycles. The summed E-state index contributed by atoms with van der Waals surface area (Å²) in [5.74, 6) is -1.05. The summed E-state index contributed by atoms with van der Waals surface area (Å²) >= 11 is 0. The van der Waals surface area contributed by atoms with Crippen molar-refractivity contribution in [2.75, 3.05) is 33.0 Å². The van der Waals surface area contributed by atoms with Crippen molar-refractivity contribution in [1.29, 1.82) is 0 Å². The SMILES string of the molecule is CCOC(C)=O.CCOC(C)=O.CCOC(C)=O.CCOC(C)=O.CCOC(C)=O. The molecule has 0 aromatic rings. The summed E-state index contributed by atoms with van der Waals surface area (Å²) < 4.78 is 22.0. The average molecular weight is 441 g/mol. The summed E-state index contributed by atoms with van der Waals surface area (Å²) in [5, 5.41) is 0. The van der Waals surface area contributed by atoms with Gasteiger partial charge < -0.3 is 23.7 Å². The second kappa shape index (κ2) is 33.9. The predicted octanol–water partition coefficient (Wildman–Crippen LogP) is 2.85. The van der Waals surface area contributed by atoms with E-state index in [2.05, 4.69) is 23.7 Å². The fourth-order valence-electron chi connectivity index (χ4n) is 1.02. The summed E-state index contributed by atoms with van der Waals surface area (Å²) in [7, 11) is 0. The lowest BCUT2D eigenvalue weighted by Gasteiger charge is -1.89. The average Bonchev–Trinajstić information content (AvgIpc) is 2.56. The maximum absolute atomic E-state index is 9.82. The van der Waals surface area contributed by atoms with E-state index in [0.717, 1.165) is 0 Å². The van der Waals surface area contributed by atoms with Crippen molar-refractivity contribution >= 4 is 29.8 Å². The Bertz CT molecular complexity index is 340. The fraction of sp³-hybridized carbons (Fsp3) is 0.750. The van der Waals surface area contributed by atoms with Crippen LogP contribution in [0.1, 0.15) is 69.2 Å². The van der Waals surface area contributed by atoms with Crippen LogP contribution in [0.5, 0.6) is 0 Å². The number of ether oxygens (including phenoxy) is 5. The molecule has 0 aliphatic heterocycles. The number of esters is 5. The van der Waals surface area contributed by atoms with Gasteiger partial charge in [0.05, 0.1) is 33.0 Å². The molecule has 0 saturated carbocycles. The third-order valence-corrected chi connectivity index (χ3v) is 1.74. The smallest absolute Gasteiger partial charge is 0.302 e. The van der Waals surface area contributed by atoms with Crippen molar-refractivity contribution in [1.82, 2.24) is 0 Å². The Kier molecular flexibility index (Phi) is 43.0. The van der Waals surface area contributed by atoms with Crippen LogP contribution in [-0.2, 0) is 47.7 Å². The molecule has 0 rings (SSSR count). The first-order valence-corrected chi connectivity index (χ1v) is 9.52. The Labute approximate surface area is 180 Å². The van der Waals surface area contributed by atoms with Crippen molar-refractivity contribution in [3.63, 3.8) is 0 Å². The molecule has 30 heavy (non-hydrogen) atoms. The first kappa shape index (κ1) is 38.0. The molecule has 0 N–H and O–H groups in total. The number of carbonyl (C=O) groups excluding carboxylic acids is 5. The molecule has 0 aliphatic carbocycles. The van der Waals surface area contributed by atoms with Gasteiger partial charge in [-0.2, -0.15) is 0 Å². The van der Waals surface area contributed by atoms with Gasteiger partial charge in [0.1, 0.15) is 0 Å². The lowest BCUT2D eigenvalue weighted by Crippen LogP contribution is -1.95. The minimum Gasteiger partial charge on any atom is -0.466 e. The summed E-state index contributed by atoms with van der Waals surface area (Å²) in [6, 6.07) is 0. The molecule has 10 nitrogen and oxygen atoms in total. The van der Waals surface area contributed by atoms with Crippen molar-refractivity contribution in [2.24, 2.45) is 0 Å². The van der Waals surface area contributed by atoms with Crippen molar-refractivity contribution in [3.8, 4) is 0 Å². The Morgan fingerprint density at radius 2 is 0.467 bits per heavy atom. The Morgan fingerprint density at radius 3 is 0.467 bits per heavy atom. The highest BCUT2D eigenvalue weighted by Crippen LogP contribution is 1.71. The zero-order valence-electron chi connectivity index (χ0n) is 20.1. The van der Waals surface area contributed by atoms with Crippen LogP contribution < -0.4 is 0 Å². The Balaban J connectivity index is -0.0000000868. The molecule has 0 fully saturated rings. The second-order valence-corrected chi connectivity index (χ2v) is 4.62. The van der Waals surface area contributed by atoms with Gasteiger partial charge in [-0.1, -0.05) is 0 Å². The van der Waals surface area contributed by atoms with Gasteiger partial charge in [-0.3, -0.25) is 24.0 Å². The molecular weight excluding hydrogens is 400 g/mol. The van der Waals surface area contributed by atoms with Crippen LogP contribution in [0.25, 0.3) is 0 Å². The fourth-order valence-corrected chi connectivity index (χ4v) is 1.02. The zero-order valence-corrected chi connectivity index (χ0v) is 20.1. The Hall–Kier alpha value is -2.65. The van der Waals surface area contributed by atoms with E-state index >= 15 is 0 Å². The van der Waals surface area contributed by atoms with Crippen LogP contribution in [-0.4, -0.2) is 62.9 Å². The van der Waals surface area contributed by atoms with E-state index in [1.807, 2.05) is 0 Å². The van der Waals surface area contributed by atoms with Gasteiger partial charge in [0.15, 0.2) is 0 Å². The molecule has 0 atom stereocenters. The maximum atomic E-state index is 9.82. The number of hydrogen-bond donors (Lipinski definition) is 0. The van der Waals surface area contributed by atoms with E-state index in [0.29, 0.717) is 33.0 Å². The third kappa shape index (κ3) is 98.5. The Morgan fingerprint density at radius 1 is 0.367 bits per heavy atom. The van der Waals surface area contributed by atoms with Crippen molar-refractivity contribution < 1.29 is 47.7 Å². The highest BCUT2D eigenvalue weighted by Gasteiger charge is 1.83. The summed E-state index contributed by atoms with van der Waals surface area (Å²) in [5.41, 5.74) is 0. The van der Waals surface area contributed by atoms with Crippen molar-refractivity contribution in [3.05, 3.63) is 0 Å². The number of rotatable bonds is 5. The topological polar surface area (TPSA) is 132 Å². The zero-order chi connectivity index (χ0) is 25.0. The highest BCUT2D eigenvalue weighted by molar-refractivity contribution is 5.66. The third-order valence-electron chi connectivity index (χ3n) is 1.74. The van der Waals surface area contributed by atoms with Gasteiger partial charge in [0, 0.05) is 34.6 Å². The highest BCUT2D eigenvalue weighted by atomic mass is 16.5. The monoisotopic (exact) mass is 440 g/mol. The lowest BCUT2D eigenvalue weighted by molar-refractivity contribution is -0.141. The molecule has 0 radical (unpaired) electrons. The van der Waals surface area contributed by atoms with E-state index < -0.39 is 0 Å². The molecule has 0 bridgehead atoms. The first-order chi connectivity index (χ1) is 13.9. The summed E-state index contributed by atoms with van der Waals surface area (Å²) in [6.45, 7) is 18.3. The lowest BCUT2D eigenvalue weighted by atomic mass is 10.8.